The fourth-order valence-corrected chi connectivity index (χ4v) is 2.23. The predicted octanol–water partition coefficient (Wildman–Crippen LogP) is 0.665. The molecular formula is C9H16N4OS. The first-order valence-corrected chi connectivity index (χ1v) is 6.23. The molecule has 0 unspecified atom stereocenters. The Balaban J connectivity index is 1.54. The maximum atomic E-state index is 5.30. The lowest BCUT2D eigenvalue weighted by atomic mass is 10.1. The number of thioether (sulfide) groups is 1. The highest BCUT2D eigenvalue weighted by molar-refractivity contribution is 7.99. The van der Waals surface area contributed by atoms with Crippen molar-refractivity contribution in [1.82, 2.24) is 20.5 Å². The summed E-state index contributed by atoms with van der Waals surface area (Å²) in [4.78, 5) is 4.05. The molecule has 1 saturated heterocycles. The lowest BCUT2D eigenvalue weighted by Gasteiger charge is -2.22. The standard InChI is InChI=1S/C9H16N4OS/c1-4-14-5-2-8(1)10-3-6-15-9-11-7-12-13-9/h7-8,10H,1-6H2,(H,11,12,13). The topological polar surface area (TPSA) is 62.8 Å². The van der Waals surface area contributed by atoms with E-state index < -0.39 is 0 Å². The molecule has 0 radical (unpaired) electrons. The highest BCUT2D eigenvalue weighted by Gasteiger charge is 2.12. The zero-order valence-corrected chi connectivity index (χ0v) is 9.42. The van der Waals surface area contributed by atoms with Crippen molar-refractivity contribution in [1.29, 1.82) is 0 Å². The van der Waals surface area contributed by atoms with Crippen molar-refractivity contribution in [2.75, 3.05) is 25.5 Å². The summed E-state index contributed by atoms with van der Waals surface area (Å²) in [5.74, 6) is 1.02. The van der Waals surface area contributed by atoms with Gasteiger partial charge in [0.25, 0.3) is 0 Å². The molecule has 0 saturated carbocycles. The van der Waals surface area contributed by atoms with Gasteiger partial charge in [-0.15, -0.1) is 0 Å². The predicted molar refractivity (Wildman–Crippen MR) is 59.0 cm³/mol. The van der Waals surface area contributed by atoms with E-state index in [1.54, 1.807) is 11.8 Å². The van der Waals surface area contributed by atoms with Crippen LogP contribution < -0.4 is 5.32 Å². The zero-order valence-electron chi connectivity index (χ0n) is 8.61. The van der Waals surface area contributed by atoms with Gasteiger partial charge in [-0.05, 0) is 12.8 Å². The zero-order chi connectivity index (χ0) is 10.3. The van der Waals surface area contributed by atoms with Gasteiger partial charge in [0.1, 0.15) is 6.33 Å². The van der Waals surface area contributed by atoms with Gasteiger partial charge in [0.15, 0.2) is 5.16 Å². The third-order valence-corrected chi connectivity index (χ3v) is 3.27. The van der Waals surface area contributed by atoms with Crippen molar-refractivity contribution in [2.45, 2.75) is 24.0 Å². The number of aromatic amines is 1. The van der Waals surface area contributed by atoms with Crippen molar-refractivity contribution >= 4 is 11.8 Å². The van der Waals surface area contributed by atoms with Crippen molar-refractivity contribution in [3.05, 3.63) is 6.33 Å². The van der Waals surface area contributed by atoms with Crippen LogP contribution in [-0.2, 0) is 4.74 Å². The van der Waals surface area contributed by atoms with E-state index in [0.29, 0.717) is 6.04 Å². The number of ether oxygens (including phenoxy) is 1. The Kier molecular flexibility index (Phi) is 4.43. The lowest BCUT2D eigenvalue weighted by molar-refractivity contribution is 0.0786. The summed E-state index contributed by atoms with van der Waals surface area (Å²) >= 11 is 1.69. The molecule has 6 heteroatoms. The molecule has 0 aromatic carbocycles. The Hall–Kier alpha value is -0.590. The van der Waals surface area contributed by atoms with Gasteiger partial charge in [-0.3, -0.25) is 5.10 Å². The minimum absolute atomic E-state index is 0.633. The lowest BCUT2D eigenvalue weighted by Crippen LogP contribution is -2.35. The van der Waals surface area contributed by atoms with Crippen LogP contribution in [0, 0.1) is 0 Å². The van der Waals surface area contributed by atoms with Gasteiger partial charge in [-0.25, -0.2) is 4.98 Å². The van der Waals surface area contributed by atoms with E-state index in [0.717, 1.165) is 43.5 Å². The Morgan fingerprint density at radius 2 is 2.40 bits per heavy atom. The highest BCUT2D eigenvalue weighted by atomic mass is 32.2. The molecule has 84 valence electrons. The van der Waals surface area contributed by atoms with Crippen LogP contribution in [0.1, 0.15) is 12.8 Å². The first-order chi connectivity index (χ1) is 7.45. The summed E-state index contributed by atoms with van der Waals surface area (Å²) in [6.07, 6.45) is 3.80. The summed E-state index contributed by atoms with van der Waals surface area (Å²) in [7, 11) is 0. The van der Waals surface area contributed by atoms with Gasteiger partial charge in [0, 0.05) is 31.6 Å². The van der Waals surface area contributed by atoms with E-state index in [4.69, 9.17) is 4.74 Å². The number of aromatic nitrogens is 3. The van der Waals surface area contributed by atoms with Crippen LogP contribution in [0.25, 0.3) is 0 Å². The largest absolute Gasteiger partial charge is 0.381 e. The average Bonchev–Trinajstić information content (AvgIpc) is 2.79. The van der Waals surface area contributed by atoms with E-state index in [2.05, 4.69) is 20.5 Å². The molecule has 1 aliphatic rings. The fourth-order valence-electron chi connectivity index (χ4n) is 1.58. The summed E-state index contributed by atoms with van der Waals surface area (Å²) in [6.45, 7) is 2.80. The van der Waals surface area contributed by atoms with Crippen LogP contribution in [-0.4, -0.2) is 46.7 Å². The maximum absolute atomic E-state index is 5.30. The Bertz CT molecular complexity index is 261. The van der Waals surface area contributed by atoms with Crippen LogP contribution in [0.5, 0.6) is 0 Å². The van der Waals surface area contributed by atoms with Crippen LogP contribution in [0.2, 0.25) is 0 Å². The van der Waals surface area contributed by atoms with Crippen LogP contribution in [0.3, 0.4) is 0 Å². The molecule has 2 heterocycles. The summed E-state index contributed by atoms with van der Waals surface area (Å²) < 4.78 is 5.30. The van der Waals surface area contributed by atoms with E-state index in [9.17, 15) is 0 Å². The number of nitrogens with one attached hydrogen (secondary N) is 2. The first-order valence-electron chi connectivity index (χ1n) is 5.24. The van der Waals surface area contributed by atoms with E-state index in [1.807, 2.05) is 0 Å². The molecule has 1 aliphatic heterocycles. The van der Waals surface area contributed by atoms with Crippen molar-refractivity contribution in [3.8, 4) is 0 Å². The molecule has 1 aromatic heterocycles. The molecule has 5 nitrogen and oxygen atoms in total. The van der Waals surface area contributed by atoms with Gasteiger partial charge >= 0.3 is 0 Å². The number of nitrogens with zero attached hydrogens (tertiary/aromatic N) is 2. The minimum Gasteiger partial charge on any atom is -0.381 e. The monoisotopic (exact) mass is 228 g/mol. The van der Waals surface area contributed by atoms with Gasteiger partial charge < -0.3 is 10.1 Å². The molecule has 0 spiro atoms. The summed E-state index contributed by atoms with van der Waals surface area (Å²) in [6, 6.07) is 0.633. The van der Waals surface area contributed by atoms with E-state index in [-0.39, 0.29) is 0 Å². The van der Waals surface area contributed by atoms with Gasteiger partial charge in [0.05, 0.1) is 0 Å². The van der Waals surface area contributed by atoms with Crippen LogP contribution in [0.4, 0.5) is 0 Å². The molecule has 2 N–H and O–H groups in total. The van der Waals surface area contributed by atoms with Crippen LogP contribution >= 0.6 is 11.8 Å². The molecule has 2 rings (SSSR count). The van der Waals surface area contributed by atoms with Gasteiger partial charge in [0.2, 0.25) is 0 Å². The average molecular weight is 228 g/mol. The third kappa shape index (κ3) is 3.81. The van der Waals surface area contributed by atoms with Crippen LogP contribution in [0.15, 0.2) is 11.5 Å². The SMILES string of the molecule is c1n[nH]c(SCCNC2CCOCC2)n1. The molecule has 15 heavy (non-hydrogen) atoms. The summed E-state index contributed by atoms with van der Waals surface area (Å²) in [5.41, 5.74) is 0. The van der Waals surface area contributed by atoms with Gasteiger partial charge in [-0.1, -0.05) is 11.8 Å². The number of hydrogen-bond acceptors (Lipinski definition) is 5. The highest BCUT2D eigenvalue weighted by Crippen LogP contribution is 2.10. The normalized spacial score (nSPS) is 18.1. The van der Waals surface area contributed by atoms with E-state index >= 15 is 0 Å². The van der Waals surface area contributed by atoms with Crippen molar-refractivity contribution < 1.29 is 4.74 Å². The number of rotatable bonds is 5. The fraction of sp³-hybridized carbons (Fsp3) is 0.778. The Labute approximate surface area is 93.4 Å². The molecule has 0 aliphatic carbocycles. The first kappa shape index (κ1) is 10.9. The van der Waals surface area contributed by atoms with Gasteiger partial charge in [-0.2, -0.15) is 5.10 Å². The smallest absolute Gasteiger partial charge is 0.183 e. The molecule has 1 fully saturated rings. The maximum Gasteiger partial charge on any atom is 0.183 e. The quantitative estimate of drug-likeness (QED) is 0.573. The Morgan fingerprint density at radius 3 is 3.13 bits per heavy atom. The molecule has 1 aromatic rings. The van der Waals surface area contributed by atoms with Crippen molar-refractivity contribution in [3.63, 3.8) is 0 Å². The molecule has 0 amide bonds. The number of H-pyrrole nitrogens is 1. The van der Waals surface area contributed by atoms with Crippen molar-refractivity contribution in [2.24, 2.45) is 0 Å². The third-order valence-electron chi connectivity index (χ3n) is 2.39. The molecular weight excluding hydrogens is 212 g/mol. The van der Waals surface area contributed by atoms with E-state index in [1.165, 1.54) is 6.33 Å². The second kappa shape index (κ2) is 6.09. The Morgan fingerprint density at radius 1 is 1.53 bits per heavy atom. The molecule has 0 atom stereocenters. The number of hydrogen-bond donors (Lipinski definition) is 2. The summed E-state index contributed by atoms with van der Waals surface area (Å²) in [5, 5.41) is 11.0. The second-order valence-electron chi connectivity index (χ2n) is 3.48. The minimum atomic E-state index is 0.633. The second-order valence-corrected chi connectivity index (χ2v) is 4.56. The molecule has 0 bridgehead atoms.